The molecule has 2 aliphatic rings. The Morgan fingerprint density at radius 2 is 1.58 bits per heavy atom. The highest BCUT2D eigenvalue weighted by molar-refractivity contribution is 8.13. The van der Waals surface area contributed by atoms with Gasteiger partial charge in [-0.1, -0.05) is 65.8 Å². The molecule has 2 aliphatic heterocycles. The highest BCUT2D eigenvalue weighted by Gasteiger charge is 2.37. The molecular formula is C28H25ClN4O2S. The van der Waals surface area contributed by atoms with Gasteiger partial charge in [-0.2, -0.15) is 0 Å². The summed E-state index contributed by atoms with van der Waals surface area (Å²) in [5, 5.41) is 7.28. The summed E-state index contributed by atoms with van der Waals surface area (Å²) in [7, 11) is 0. The number of anilines is 2. The summed E-state index contributed by atoms with van der Waals surface area (Å²) in [5.41, 5.74) is 4.10. The normalized spacial score (nSPS) is 17.2. The van der Waals surface area contributed by atoms with E-state index in [0.29, 0.717) is 27.5 Å². The van der Waals surface area contributed by atoms with Crippen molar-refractivity contribution in [1.29, 1.82) is 0 Å². The number of hydrogen-bond acceptors (Lipinski definition) is 5. The minimum absolute atomic E-state index is 0.168. The first-order chi connectivity index (χ1) is 17.5. The zero-order valence-electron chi connectivity index (χ0n) is 19.7. The largest absolute Gasteiger partial charge is 0.340 e. The number of benzene rings is 3. The fraction of sp³-hybridized carbons (Fsp3) is 0.179. The average molecular weight is 517 g/mol. The number of amides is 2. The van der Waals surface area contributed by atoms with E-state index in [4.69, 9.17) is 16.6 Å². The second-order valence-electron chi connectivity index (χ2n) is 8.57. The van der Waals surface area contributed by atoms with Crippen LogP contribution in [0.25, 0.3) is 0 Å². The van der Waals surface area contributed by atoms with Gasteiger partial charge in [-0.05, 0) is 55.3 Å². The summed E-state index contributed by atoms with van der Waals surface area (Å²) < 4.78 is 0. The summed E-state index contributed by atoms with van der Waals surface area (Å²) in [6.45, 7) is 2.71. The van der Waals surface area contributed by atoms with Gasteiger partial charge in [0.2, 0.25) is 0 Å². The lowest BCUT2D eigenvalue weighted by atomic mass is 9.93. The van der Waals surface area contributed by atoms with E-state index in [1.807, 2.05) is 61.5 Å². The van der Waals surface area contributed by atoms with Crippen molar-refractivity contribution in [2.75, 3.05) is 22.9 Å². The molecule has 1 atom stereocenters. The summed E-state index contributed by atoms with van der Waals surface area (Å²) in [5.74, 6) is 0.568. The van der Waals surface area contributed by atoms with Gasteiger partial charge in [0.05, 0.1) is 27.9 Å². The molecule has 0 aromatic heterocycles. The number of thioether (sulfide) groups is 1. The number of carbonyl (C=O) groups excluding carboxylic acids is 2. The number of rotatable bonds is 5. The van der Waals surface area contributed by atoms with Gasteiger partial charge in [-0.3, -0.25) is 9.59 Å². The molecule has 8 heteroatoms. The van der Waals surface area contributed by atoms with Crippen molar-refractivity contribution in [3.63, 3.8) is 0 Å². The molecule has 1 fully saturated rings. The Kier molecular flexibility index (Phi) is 7.11. The van der Waals surface area contributed by atoms with Crippen molar-refractivity contribution < 1.29 is 9.59 Å². The minimum atomic E-state index is -0.276. The van der Waals surface area contributed by atoms with E-state index < -0.39 is 0 Å². The SMILES string of the molecule is CC1=C(C(=O)Nc2ccccc2)C(c2ccc(NC(=O)c3ccccc3Cl)cc2)N2CCCSC2=N1. The Labute approximate surface area is 219 Å². The van der Waals surface area contributed by atoms with E-state index in [1.54, 1.807) is 36.0 Å². The summed E-state index contributed by atoms with van der Waals surface area (Å²) in [6.07, 6.45) is 1.01. The van der Waals surface area contributed by atoms with Gasteiger partial charge in [0.1, 0.15) is 0 Å². The minimum Gasteiger partial charge on any atom is -0.340 e. The van der Waals surface area contributed by atoms with Gasteiger partial charge >= 0.3 is 0 Å². The molecule has 2 amide bonds. The number of halogens is 1. The van der Waals surface area contributed by atoms with E-state index in [1.165, 1.54) is 0 Å². The van der Waals surface area contributed by atoms with E-state index >= 15 is 0 Å². The van der Waals surface area contributed by atoms with Crippen LogP contribution in [0, 0.1) is 0 Å². The maximum absolute atomic E-state index is 13.5. The van der Waals surface area contributed by atoms with Crippen LogP contribution in [0.4, 0.5) is 11.4 Å². The number of allylic oxidation sites excluding steroid dienone is 1. The number of hydrogen-bond donors (Lipinski definition) is 2. The van der Waals surface area contributed by atoms with Crippen LogP contribution in [0.2, 0.25) is 5.02 Å². The van der Waals surface area contributed by atoms with Crippen molar-refractivity contribution in [2.45, 2.75) is 19.4 Å². The molecule has 182 valence electrons. The van der Waals surface area contributed by atoms with Crippen molar-refractivity contribution >= 4 is 51.7 Å². The Hall–Kier alpha value is -3.55. The van der Waals surface area contributed by atoms with Crippen LogP contribution in [0.3, 0.4) is 0 Å². The number of carbonyl (C=O) groups is 2. The van der Waals surface area contributed by atoms with Crippen LogP contribution in [0.5, 0.6) is 0 Å². The molecule has 5 rings (SSSR count). The van der Waals surface area contributed by atoms with Crippen LogP contribution < -0.4 is 10.6 Å². The predicted octanol–water partition coefficient (Wildman–Crippen LogP) is 6.35. The molecule has 3 aromatic rings. The Morgan fingerprint density at radius 1 is 0.917 bits per heavy atom. The van der Waals surface area contributed by atoms with E-state index in [9.17, 15) is 9.59 Å². The lowest BCUT2D eigenvalue weighted by molar-refractivity contribution is -0.113. The average Bonchev–Trinajstić information content (AvgIpc) is 2.89. The molecule has 0 spiro atoms. The third-order valence-electron chi connectivity index (χ3n) is 6.14. The molecule has 36 heavy (non-hydrogen) atoms. The molecule has 0 aliphatic carbocycles. The number of para-hydroxylation sites is 1. The van der Waals surface area contributed by atoms with Gasteiger partial charge in [0, 0.05) is 23.7 Å². The molecule has 1 saturated heterocycles. The quantitative estimate of drug-likeness (QED) is 0.414. The van der Waals surface area contributed by atoms with Crippen LogP contribution in [0.1, 0.15) is 35.3 Å². The van der Waals surface area contributed by atoms with Crippen LogP contribution in [-0.2, 0) is 4.79 Å². The second-order valence-corrected chi connectivity index (χ2v) is 10.0. The van der Waals surface area contributed by atoms with Crippen LogP contribution in [0.15, 0.2) is 95.1 Å². The van der Waals surface area contributed by atoms with E-state index in [0.717, 1.165) is 35.1 Å². The Bertz CT molecular complexity index is 1360. The third-order valence-corrected chi connectivity index (χ3v) is 7.54. The van der Waals surface area contributed by atoms with Gasteiger partial charge in [0.25, 0.3) is 11.8 Å². The van der Waals surface area contributed by atoms with Crippen molar-refractivity contribution in [3.8, 4) is 0 Å². The molecule has 0 bridgehead atoms. The fourth-order valence-electron chi connectivity index (χ4n) is 4.42. The maximum atomic E-state index is 13.5. The maximum Gasteiger partial charge on any atom is 0.257 e. The smallest absolute Gasteiger partial charge is 0.257 e. The van der Waals surface area contributed by atoms with Crippen molar-refractivity contribution in [3.05, 3.63) is 106 Å². The number of nitrogens with zero attached hydrogens (tertiary/aromatic N) is 2. The molecule has 0 radical (unpaired) electrons. The molecular weight excluding hydrogens is 492 g/mol. The Balaban J connectivity index is 1.44. The monoisotopic (exact) mass is 516 g/mol. The van der Waals surface area contributed by atoms with Gasteiger partial charge in [-0.15, -0.1) is 0 Å². The predicted molar refractivity (Wildman–Crippen MR) is 148 cm³/mol. The van der Waals surface area contributed by atoms with Crippen LogP contribution >= 0.6 is 23.4 Å². The lowest BCUT2D eigenvalue weighted by Gasteiger charge is -2.40. The first-order valence-electron chi connectivity index (χ1n) is 11.7. The summed E-state index contributed by atoms with van der Waals surface area (Å²) in [6, 6.07) is 23.7. The number of aliphatic imine (C=N–C) groups is 1. The number of fused-ring (bicyclic) bond motifs is 1. The van der Waals surface area contributed by atoms with Gasteiger partial charge in [0.15, 0.2) is 5.17 Å². The lowest BCUT2D eigenvalue weighted by Crippen LogP contribution is -2.43. The van der Waals surface area contributed by atoms with Gasteiger partial charge in [-0.25, -0.2) is 4.99 Å². The second kappa shape index (κ2) is 10.6. The number of nitrogens with one attached hydrogen (secondary N) is 2. The van der Waals surface area contributed by atoms with Crippen molar-refractivity contribution in [2.24, 2.45) is 4.99 Å². The Morgan fingerprint density at radius 3 is 2.33 bits per heavy atom. The number of amidine groups is 1. The molecule has 0 saturated carbocycles. The topological polar surface area (TPSA) is 73.8 Å². The van der Waals surface area contributed by atoms with Crippen LogP contribution in [-0.4, -0.2) is 34.2 Å². The van der Waals surface area contributed by atoms with E-state index in [2.05, 4.69) is 15.5 Å². The van der Waals surface area contributed by atoms with E-state index in [-0.39, 0.29) is 17.9 Å². The standard InChI is InChI=1S/C28H25ClN4O2S/c1-18-24(27(35)32-20-8-3-2-4-9-20)25(33-16-7-17-36-28(33)30-18)19-12-14-21(15-13-19)31-26(34)22-10-5-6-11-23(22)29/h2-6,8-15,25H,7,16-17H2,1H3,(H,31,34)(H,32,35). The first kappa shape index (κ1) is 24.2. The zero-order valence-corrected chi connectivity index (χ0v) is 21.3. The van der Waals surface area contributed by atoms with Gasteiger partial charge < -0.3 is 15.5 Å². The van der Waals surface area contributed by atoms with Crippen molar-refractivity contribution in [1.82, 2.24) is 4.90 Å². The molecule has 2 heterocycles. The first-order valence-corrected chi connectivity index (χ1v) is 13.1. The molecule has 6 nitrogen and oxygen atoms in total. The fourth-order valence-corrected chi connectivity index (χ4v) is 5.66. The highest BCUT2D eigenvalue weighted by atomic mass is 35.5. The summed E-state index contributed by atoms with van der Waals surface area (Å²) in [4.78, 5) is 33.2. The molecule has 1 unspecified atom stereocenters. The highest BCUT2D eigenvalue weighted by Crippen LogP contribution is 2.40. The zero-order chi connectivity index (χ0) is 25.1. The summed E-state index contributed by atoms with van der Waals surface area (Å²) >= 11 is 7.89. The molecule has 3 aromatic carbocycles. The third kappa shape index (κ3) is 5.03. The molecule has 2 N–H and O–H groups in total.